The predicted octanol–water partition coefficient (Wildman–Crippen LogP) is 3.33. The number of aromatic amines is 1. The highest BCUT2D eigenvalue weighted by Crippen LogP contribution is 2.23. The van der Waals surface area contributed by atoms with Crippen LogP contribution in [-0.4, -0.2) is 46.5 Å². The van der Waals surface area contributed by atoms with Crippen molar-refractivity contribution in [2.75, 3.05) is 20.8 Å². The first-order valence-corrected chi connectivity index (χ1v) is 10.5. The summed E-state index contributed by atoms with van der Waals surface area (Å²) in [4.78, 5) is 17.0. The van der Waals surface area contributed by atoms with Crippen LogP contribution < -0.4 is 10.1 Å². The molecule has 0 fully saturated rings. The van der Waals surface area contributed by atoms with Gasteiger partial charge in [0.1, 0.15) is 23.2 Å². The minimum atomic E-state index is -0.477. The van der Waals surface area contributed by atoms with Crippen molar-refractivity contribution in [2.24, 2.45) is 0 Å². The Balaban J connectivity index is 1.70. The fraction of sp³-hybridized carbons (Fsp3) is 0.333. The van der Waals surface area contributed by atoms with E-state index in [4.69, 9.17) is 9.47 Å². The summed E-state index contributed by atoms with van der Waals surface area (Å²) in [6.07, 6.45) is 1.61. The molecular formula is C24H28N6O3. The summed E-state index contributed by atoms with van der Waals surface area (Å²) in [5.41, 5.74) is 3.67. The maximum Gasteiger partial charge on any atom is 0.262 e. The Bertz CT molecular complexity index is 1180. The summed E-state index contributed by atoms with van der Waals surface area (Å²) in [6, 6.07) is 11.5. The highest BCUT2D eigenvalue weighted by Gasteiger charge is 2.16. The number of nitriles is 1. The Morgan fingerprint density at radius 2 is 2.03 bits per heavy atom. The molecule has 3 aromatic rings. The number of H-pyrrole nitrogens is 1. The Kier molecular flexibility index (Phi) is 7.64. The molecule has 0 saturated heterocycles. The Morgan fingerprint density at radius 1 is 1.30 bits per heavy atom. The maximum atomic E-state index is 12.6. The molecule has 2 aromatic heterocycles. The van der Waals surface area contributed by atoms with Crippen LogP contribution in [0.5, 0.6) is 5.75 Å². The van der Waals surface area contributed by atoms with Crippen LogP contribution in [-0.2, 0) is 16.1 Å². The molecule has 1 atom stereocenters. The van der Waals surface area contributed by atoms with Crippen molar-refractivity contribution in [3.8, 4) is 23.2 Å². The molecule has 0 aliphatic rings. The van der Waals surface area contributed by atoms with Crippen LogP contribution in [0.4, 0.5) is 0 Å². The molecule has 2 N–H and O–H groups in total. The van der Waals surface area contributed by atoms with E-state index >= 15 is 0 Å². The van der Waals surface area contributed by atoms with Gasteiger partial charge in [-0.2, -0.15) is 10.4 Å². The normalized spacial score (nSPS) is 12.3. The van der Waals surface area contributed by atoms with E-state index in [1.54, 1.807) is 20.3 Å². The third-order valence-electron chi connectivity index (χ3n) is 5.33. The number of hydrogen-bond donors (Lipinski definition) is 2. The van der Waals surface area contributed by atoms with E-state index in [1.807, 2.05) is 50.2 Å². The van der Waals surface area contributed by atoms with Gasteiger partial charge in [0.05, 0.1) is 26.3 Å². The van der Waals surface area contributed by atoms with Crippen LogP contribution in [0.25, 0.3) is 17.5 Å². The van der Waals surface area contributed by atoms with Crippen LogP contribution in [0, 0.1) is 25.2 Å². The van der Waals surface area contributed by atoms with E-state index in [0.29, 0.717) is 18.3 Å². The van der Waals surface area contributed by atoms with Gasteiger partial charge in [-0.15, -0.1) is 0 Å². The number of nitrogens with zero attached hydrogens (tertiary/aromatic N) is 4. The summed E-state index contributed by atoms with van der Waals surface area (Å²) in [7, 11) is 3.27. The second kappa shape index (κ2) is 10.6. The van der Waals surface area contributed by atoms with Crippen molar-refractivity contribution in [1.82, 2.24) is 25.1 Å². The molecule has 1 amide bonds. The molecule has 1 aromatic carbocycles. The number of carbonyl (C=O) groups is 1. The average molecular weight is 449 g/mol. The largest absolute Gasteiger partial charge is 0.497 e. The molecule has 3 rings (SSSR count). The number of rotatable bonds is 9. The van der Waals surface area contributed by atoms with Crippen molar-refractivity contribution in [1.29, 1.82) is 5.26 Å². The van der Waals surface area contributed by atoms with Crippen molar-refractivity contribution < 1.29 is 14.3 Å². The predicted molar refractivity (Wildman–Crippen MR) is 124 cm³/mol. The van der Waals surface area contributed by atoms with Gasteiger partial charge in [0.25, 0.3) is 5.91 Å². The molecule has 0 spiro atoms. The van der Waals surface area contributed by atoms with Gasteiger partial charge in [-0.1, -0.05) is 0 Å². The number of aromatic nitrogens is 4. The lowest BCUT2D eigenvalue weighted by Gasteiger charge is -2.17. The van der Waals surface area contributed by atoms with Gasteiger partial charge in [-0.25, -0.2) is 4.98 Å². The summed E-state index contributed by atoms with van der Waals surface area (Å²) in [5, 5.41) is 19.3. The van der Waals surface area contributed by atoms with E-state index in [-0.39, 0.29) is 18.2 Å². The van der Waals surface area contributed by atoms with E-state index < -0.39 is 5.91 Å². The number of benzene rings is 1. The van der Waals surface area contributed by atoms with Crippen LogP contribution in [0.2, 0.25) is 0 Å². The first-order valence-electron chi connectivity index (χ1n) is 10.5. The van der Waals surface area contributed by atoms with Gasteiger partial charge >= 0.3 is 0 Å². The Morgan fingerprint density at radius 3 is 2.67 bits per heavy atom. The number of amides is 1. The van der Waals surface area contributed by atoms with Gasteiger partial charge < -0.3 is 19.4 Å². The summed E-state index contributed by atoms with van der Waals surface area (Å²) in [5.74, 6) is 1.26. The number of carbonyl (C=O) groups excluding carboxylic acids is 1. The molecule has 0 aliphatic carbocycles. The molecule has 0 aliphatic heterocycles. The van der Waals surface area contributed by atoms with E-state index in [2.05, 4.69) is 32.0 Å². The lowest BCUT2D eigenvalue weighted by Crippen LogP contribution is -2.24. The van der Waals surface area contributed by atoms with E-state index in [9.17, 15) is 10.1 Å². The van der Waals surface area contributed by atoms with Crippen LogP contribution in [0.1, 0.15) is 35.7 Å². The van der Waals surface area contributed by atoms with Gasteiger partial charge in [-0.3, -0.25) is 9.89 Å². The molecule has 9 nitrogen and oxygen atoms in total. The second-order valence-electron chi connectivity index (χ2n) is 7.69. The third-order valence-corrected chi connectivity index (χ3v) is 5.33. The summed E-state index contributed by atoms with van der Waals surface area (Å²) >= 11 is 0. The smallest absolute Gasteiger partial charge is 0.262 e. The molecule has 0 bridgehead atoms. The van der Waals surface area contributed by atoms with Crippen molar-refractivity contribution in [3.05, 3.63) is 58.7 Å². The molecule has 2 heterocycles. The number of ether oxygens (including phenoxy) is 2. The number of nitrogens with one attached hydrogen (secondary N) is 2. The van der Waals surface area contributed by atoms with Crippen molar-refractivity contribution in [3.63, 3.8) is 0 Å². The van der Waals surface area contributed by atoms with Crippen LogP contribution >= 0.6 is 0 Å². The van der Waals surface area contributed by atoms with Crippen LogP contribution in [0.15, 0.2) is 35.9 Å². The molecule has 1 unspecified atom stereocenters. The third kappa shape index (κ3) is 5.48. The fourth-order valence-corrected chi connectivity index (χ4v) is 3.75. The second-order valence-corrected chi connectivity index (χ2v) is 7.69. The minimum absolute atomic E-state index is 0.0181. The lowest BCUT2D eigenvalue weighted by molar-refractivity contribution is -0.117. The van der Waals surface area contributed by atoms with Crippen molar-refractivity contribution in [2.45, 2.75) is 33.4 Å². The Labute approximate surface area is 193 Å². The molecular weight excluding hydrogens is 420 g/mol. The highest BCUT2D eigenvalue weighted by molar-refractivity contribution is 6.01. The minimum Gasteiger partial charge on any atom is -0.497 e. The summed E-state index contributed by atoms with van der Waals surface area (Å²) < 4.78 is 12.5. The monoisotopic (exact) mass is 448 g/mol. The SMILES string of the molecule is COCC(C)n1c(C)cc(/C=C(/C#N)C(=O)NCc2nc(-c3ccc(OC)cc3)n[nH]2)c1C. The standard InChI is InChI=1S/C24H28N6O3/c1-15-10-19(17(3)30(15)16(2)14-32-4)11-20(12-25)24(31)26-13-22-27-23(29-28-22)18-6-8-21(33-5)9-7-18/h6-11,16H,13-14H2,1-5H3,(H,26,31)(H,27,28,29)/b20-11-. The van der Waals surface area contributed by atoms with Gasteiger partial charge in [0, 0.05) is 24.1 Å². The topological polar surface area (TPSA) is 118 Å². The first-order chi connectivity index (χ1) is 15.9. The fourth-order valence-electron chi connectivity index (χ4n) is 3.75. The van der Waals surface area contributed by atoms with Gasteiger partial charge in [0.15, 0.2) is 5.82 Å². The Hall–Kier alpha value is -3.90. The van der Waals surface area contributed by atoms with E-state index in [0.717, 1.165) is 28.3 Å². The maximum absolute atomic E-state index is 12.6. The zero-order valence-corrected chi connectivity index (χ0v) is 19.5. The number of methoxy groups -OCH3 is 2. The lowest BCUT2D eigenvalue weighted by atomic mass is 10.1. The zero-order valence-electron chi connectivity index (χ0n) is 19.5. The summed E-state index contributed by atoms with van der Waals surface area (Å²) in [6.45, 7) is 6.71. The molecule has 0 saturated carbocycles. The number of hydrogen-bond acceptors (Lipinski definition) is 6. The number of aryl methyl sites for hydroxylation is 1. The zero-order chi connectivity index (χ0) is 24.0. The van der Waals surface area contributed by atoms with Gasteiger partial charge in [-0.05, 0) is 62.7 Å². The van der Waals surface area contributed by atoms with E-state index in [1.165, 1.54) is 0 Å². The highest BCUT2D eigenvalue weighted by atomic mass is 16.5. The molecule has 172 valence electrons. The molecule has 9 heteroatoms. The first kappa shape index (κ1) is 23.8. The van der Waals surface area contributed by atoms with Crippen LogP contribution in [0.3, 0.4) is 0 Å². The van der Waals surface area contributed by atoms with Crippen molar-refractivity contribution >= 4 is 12.0 Å². The quantitative estimate of drug-likeness (QED) is 0.383. The molecule has 0 radical (unpaired) electrons. The molecule has 33 heavy (non-hydrogen) atoms. The average Bonchev–Trinajstić information content (AvgIpc) is 3.40. The van der Waals surface area contributed by atoms with Gasteiger partial charge in [0.2, 0.25) is 0 Å².